The SMILES string of the molecule is C1COC2COC[C@H]2N1.Cl. The normalized spacial score (nSPS) is 38.4. The second-order valence-corrected chi connectivity index (χ2v) is 2.51. The van der Waals surface area contributed by atoms with Crippen LogP contribution in [0.2, 0.25) is 0 Å². The van der Waals surface area contributed by atoms with Gasteiger partial charge in [0.1, 0.15) is 0 Å². The summed E-state index contributed by atoms with van der Waals surface area (Å²) in [7, 11) is 0. The van der Waals surface area contributed by atoms with Gasteiger partial charge in [-0.05, 0) is 0 Å². The van der Waals surface area contributed by atoms with E-state index in [0.29, 0.717) is 12.1 Å². The molecule has 2 atom stereocenters. The highest BCUT2D eigenvalue weighted by molar-refractivity contribution is 5.85. The maximum atomic E-state index is 5.41. The first-order chi connectivity index (χ1) is 4.47. The molecule has 10 heavy (non-hydrogen) atoms. The Kier molecular flexibility index (Phi) is 2.92. The Morgan fingerprint density at radius 3 is 3.00 bits per heavy atom. The lowest BCUT2D eigenvalue weighted by atomic mass is 10.2. The largest absolute Gasteiger partial charge is 0.377 e. The van der Waals surface area contributed by atoms with Crippen molar-refractivity contribution in [2.24, 2.45) is 0 Å². The zero-order chi connectivity index (χ0) is 6.10. The van der Waals surface area contributed by atoms with Crippen molar-refractivity contribution < 1.29 is 9.47 Å². The molecule has 0 radical (unpaired) electrons. The van der Waals surface area contributed by atoms with Crippen molar-refractivity contribution >= 4 is 12.4 Å². The van der Waals surface area contributed by atoms with Crippen molar-refractivity contribution in [3.05, 3.63) is 0 Å². The molecule has 0 aromatic carbocycles. The minimum atomic E-state index is 0. The molecule has 2 saturated heterocycles. The zero-order valence-corrected chi connectivity index (χ0v) is 6.52. The second kappa shape index (κ2) is 3.53. The van der Waals surface area contributed by atoms with Crippen LogP contribution in [0.5, 0.6) is 0 Å². The molecular formula is C6H12ClNO2. The van der Waals surface area contributed by atoms with E-state index in [4.69, 9.17) is 9.47 Å². The molecule has 2 heterocycles. The number of nitrogens with one attached hydrogen (secondary N) is 1. The van der Waals surface area contributed by atoms with Gasteiger partial charge in [0.15, 0.2) is 0 Å². The summed E-state index contributed by atoms with van der Waals surface area (Å²) in [5, 5.41) is 3.33. The number of fused-ring (bicyclic) bond motifs is 1. The molecule has 60 valence electrons. The van der Waals surface area contributed by atoms with Gasteiger partial charge in [-0.2, -0.15) is 0 Å². The molecule has 4 heteroatoms. The number of hydrogen-bond acceptors (Lipinski definition) is 3. The average Bonchev–Trinajstić information content (AvgIpc) is 2.33. The van der Waals surface area contributed by atoms with Crippen LogP contribution in [0.4, 0.5) is 0 Å². The minimum Gasteiger partial charge on any atom is -0.377 e. The Balaban J connectivity index is 0.000000500. The Morgan fingerprint density at radius 2 is 2.20 bits per heavy atom. The molecule has 2 aliphatic rings. The first kappa shape index (κ1) is 8.27. The van der Waals surface area contributed by atoms with Crippen LogP contribution in [0, 0.1) is 0 Å². The first-order valence-electron chi connectivity index (χ1n) is 3.39. The van der Waals surface area contributed by atoms with E-state index in [-0.39, 0.29) is 12.4 Å². The van der Waals surface area contributed by atoms with Crippen LogP contribution in [0.15, 0.2) is 0 Å². The van der Waals surface area contributed by atoms with Gasteiger partial charge in [0.05, 0.1) is 32.0 Å². The predicted octanol–water partition coefficient (Wildman–Crippen LogP) is -0.205. The molecule has 0 aromatic rings. The van der Waals surface area contributed by atoms with Crippen molar-refractivity contribution in [1.29, 1.82) is 0 Å². The third kappa shape index (κ3) is 1.42. The lowest BCUT2D eigenvalue weighted by Gasteiger charge is -2.24. The molecule has 0 spiro atoms. The number of rotatable bonds is 0. The van der Waals surface area contributed by atoms with Crippen LogP contribution >= 0.6 is 12.4 Å². The zero-order valence-electron chi connectivity index (χ0n) is 5.71. The van der Waals surface area contributed by atoms with Crippen molar-refractivity contribution in [1.82, 2.24) is 5.32 Å². The van der Waals surface area contributed by atoms with Gasteiger partial charge in [0, 0.05) is 6.54 Å². The molecule has 0 aromatic heterocycles. The Bertz CT molecular complexity index is 99.9. The molecular weight excluding hydrogens is 154 g/mol. The molecule has 1 unspecified atom stereocenters. The smallest absolute Gasteiger partial charge is 0.0984 e. The summed E-state index contributed by atoms with van der Waals surface area (Å²) in [5.74, 6) is 0. The quantitative estimate of drug-likeness (QED) is 0.539. The summed E-state index contributed by atoms with van der Waals surface area (Å²) < 4.78 is 10.6. The second-order valence-electron chi connectivity index (χ2n) is 2.51. The summed E-state index contributed by atoms with van der Waals surface area (Å²) in [4.78, 5) is 0. The van der Waals surface area contributed by atoms with Gasteiger partial charge >= 0.3 is 0 Å². The van der Waals surface area contributed by atoms with Crippen LogP contribution in [0.25, 0.3) is 0 Å². The van der Waals surface area contributed by atoms with Crippen molar-refractivity contribution in [2.45, 2.75) is 12.1 Å². The predicted molar refractivity (Wildman–Crippen MR) is 39.6 cm³/mol. The van der Waals surface area contributed by atoms with E-state index in [2.05, 4.69) is 5.32 Å². The monoisotopic (exact) mass is 165 g/mol. The van der Waals surface area contributed by atoms with Gasteiger partial charge in [-0.25, -0.2) is 0 Å². The molecule has 0 amide bonds. The molecule has 2 rings (SSSR count). The Labute approximate surface area is 66.5 Å². The van der Waals surface area contributed by atoms with Gasteiger partial charge in [-0.15, -0.1) is 12.4 Å². The number of ether oxygens (including phenoxy) is 2. The third-order valence-corrected chi connectivity index (χ3v) is 1.87. The van der Waals surface area contributed by atoms with Crippen LogP contribution < -0.4 is 5.32 Å². The third-order valence-electron chi connectivity index (χ3n) is 1.87. The maximum absolute atomic E-state index is 5.41. The van der Waals surface area contributed by atoms with Gasteiger partial charge < -0.3 is 14.8 Å². The van der Waals surface area contributed by atoms with Crippen LogP contribution in [0.3, 0.4) is 0 Å². The lowest BCUT2D eigenvalue weighted by molar-refractivity contribution is 0.0115. The van der Waals surface area contributed by atoms with E-state index in [0.717, 1.165) is 26.4 Å². The molecule has 0 aliphatic carbocycles. The van der Waals surface area contributed by atoms with Crippen LogP contribution in [-0.2, 0) is 9.47 Å². The fraction of sp³-hybridized carbons (Fsp3) is 1.00. The fourth-order valence-electron chi connectivity index (χ4n) is 1.34. The van der Waals surface area contributed by atoms with E-state index < -0.39 is 0 Å². The number of morpholine rings is 1. The van der Waals surface area contributed by atoms with Crippen LogP contribution in [-0.4, -0.2) is 38.5 Å². The number of halogens is 1. The van der Waals surface area contributed by atoms with Gasteiger partial charge in [0.25, 0.3) is 0 Å². The standard InChI is InChI=1S/C6H11NO2.ClH/c1-2-9-6-4-8-3-5(6)7-1;/h5-7H,1-4H2;1H/t5-,6?;/m1./s1. The van der Waals surface area contributed by atoms with Crippen molar-refractivity contribution in [3.63, 3.8) is 0 Å². The average molecular weight is 166 g/mol. The highest BCUT2D eigenvalue weighted by atomic mass is 35.5. The van der Waals surface area contributed by atoms with Crippen molar-refractivity contribution in [3.8, 4) is 0 Å². The summed E-state index contributed by atoms with van der Waals surface area (Å²) in [6.45, 7) is 3.41. The summed E-state index contributed by atoms with van der Waals surface area (Å²) in [6, 6.07) is 0.471. The van der Waals surface area contributed by atoms with Gasteiger partial charge in [0.2, 0.25) is 0 Å². The summed E-state index contributed by atoms with van der Waals surface area (Å²) in [6.07, 6.45) is 0.332. The molecule has 0 bridgehead atoms. The Hall–Kier alpha value is 0.170. The van der Waals surface area contributed by atoms with E-state index >= 15 is 0 Å². The number of hydrogen-bond donors (Lipinski definition) is 1. The minimum absolute atomic E-state index is 0. The van der Waals surface area contributed by atoms with E-state index in [1.807, 2.05) is 0 Å². The van der Waals surface area contributed by atoms with E-state index in [1.165, 1.54) is 0 Å². The molecule has 3 nitrogen and oxygen atoms in total. The summed E-state index contributed by atoms with van der Waals surface area (Å²) in [5.41, 5.74) is 0. The molecule has 2 aliphatic heterocycles. The van der Waals surface area contributed by atoms with Crippen molar-refractivity contribution in [2.75, 3.05) is 26.4 Å². The molecule has 1 N–H and O–H groups in total. The fourth-order valence-corrected chi connectivity index (χ4v) is 1.34. The first-order valence-corrected chi connectivity index (χ1v) is 3.39. The summed E-state index contributed by atoms with van der Waals surface area (Å²) >= 11 is 0. The van der Waals surface area contributed by atoms with Crippen LogP contribution in [0.1, 0.15) is 0 Å². The molecule has 0 saturated carbocycles. The highest BCUT2D eigenvalue weighted by Gasteiger charge is 2.30. The topological polar surface area (TPSA) is 30.5 Å². The van der Waals surface area contributed by atoms with E-state index in [1.54, 1.807) is 0 Å². The van der Waals surface area contributed by atoms with E-state index in [9.17, 15) is 0 Å². The van der Waals surface area contributed by atoms with Gasteiger partial charge in [-0.1, -0.05) is 0 Å². The molecule has 2 fully saturated rings. The Morgan fingerprint density at radius 1 is 1.30 bits per heavy atom. The highest BCUT2D eigenvalue weighted by Crippen LogP contribution is 2.11. The lowest BCUT2D eigenvalue weighted by Crippen LogP contribution is -2.47. The maximum Gasteiger partial charge on any atom is 0.0984 e. The van der Waals surface area contributed by atoms with Gasteiger partial charge in [-0.3, -0.25) is 0 Å².